The Morgan fingerprint density at radius 3 is 2.57 bits per heavy atom. The Morgan fingerprint density at radius 2 is 1.91 bits per heavy atom. The Bertz CT molecular complexity index is 654. The fraction of sp³-hybridized carbons (Fsp3) is 0.250. The first kappa shape index (κ1) is 16.6. The van der Waals surface area contributed by atoms with E-state index in [1.54, 1.807) is 36.4 Å². The number of benzene rings is 1. The molecular weight excluding hydrogens is 300 g/mol. The van der Waals surface area contributed by atoms with Crippen LogP contribution in [-0.4, -0.2) is 32.6 Å². The lowest BCUT2D eigenvalue weighted by atomic mass is 10.2. The number of amides is 2. The summed E-state index contributed by atoms with van der Waals surface area (Å²) in [6, 6.07) is 10.3. The van der Waals surface area contributed by atoms with E-state index < -0.39 is 17.9 Å². The summed E-state index contributed by atoms with van der Waals surface area (Å²) in [7, 11) is 2.98. The molecule has 1 unspecified atom stereocenters. The third-order valence-electron chi connectivity index (χ3n) is 3.15. The number of rotatable bonds is 6. The molecule has 0 aliphatic rings. The number of ether oxygens (including phenoxy) is 2. The highest BCUT2D eigenvalue weighted by Crippen LogP contribution is 2.22. The van der Waals surface area contributed by atoms with Gasteiger partial charge in [-0.05, 0) is 24.3 Å². The zero-order chi connectivity index (χ0) is 16.7. The Hall–Kier alpha value is -2.80. The number of hydrogen-bond acceptors (Lipinski definition) is 5. The van der Waals surface area contributed by atoms with Crippen molar-refractivity contribution in [2.45, 2.75) is 6.10 Å². The first-order valence-electron chi connectivity index (χ1n) is 6.94. The summed E-state index contributed by atoms with van der Waals surface area (Å²) < 4.78 is 15.5. The highest BCUT2D eigenvalue weighted by Gasteiger charge is 2.19. The minimum atomic E-state index is -0.788. The number of para-hydroxylation sites is 2. The molecule has 0 radical (unpaired) electrons. The second kappa shape index (κ2) is 8.00. The molecule has 122 valence electrons. The van der Waals surface area contributed by atoms with Gasteiger partial charge in [0.2, 0.25) is 0 Å². The fourth-order valence-electron chi connectivity index (χ4n) is 1.97. The number of hydrogen-bond donors (Lipinski definition) is 2. The largest absolute Gasteiger partial charge is 0.495 e. The molecule has 0 bridgehead atoms. The van der Waals surface area contributed by atoms with E-state index in [0.29, 0.717) is 17.2 Å². The van der Waals surface area contributed by atoms with Crippen LogP contribution in [0.25, 0.3) is 0 Å². The van der Waals surface area contributed by atoms with Crippen LogP contribution in [0.15, 0.2) is 47.1 Å². The van der Waals surface area contributed by atoms with Gasteiger partial charge in [0.05, 0.1) is 25.6 Å². The maximum atomic E-state index is 11.9. The van der Waals surface area contributed by atoms with Gasteiger partial charge < -0.3 is 24.5 Å². The highest BCUT2D eigenvalue weighted by molar-refractivity contribution is 6.39. The molecule has 2 rings (SSSR count). The third-order valence-corrected chi connectivity index (χ3v) is 3.15. The van der Waals surface area contributed by atoms with Crippen molar-refractivity contribution in [3.63, 3.8) is 0 Å². The van der Waals surface area contributed by atoms with Crippen molar-refractivity contribution in [3.8, 4) is 5.75 Å². The Morgan fingerprint density at radius 1 is 1.13 bits per heavy atom. The van der Waals surface area contributed by atoms with Gasteiger partial charge in [-0.15, -0.1) is 0 Å². The number of methoxy groups -OCH3 is 2. The van der Waals surface area contributed by atoms with Gasteiger partial charge in [-0.1, -0.05) is 12.1 Å². The summed E-state index contributed by atoms with van der Waals surface area (Å²) in [5, 5.41) is 5.00. The summed E-state index contributed by atoms with van der Waals surface area (Å²) in [5.41, 5.74) is 0.421. The number of carbonyl (C=O) groups is 2. The molecule has 1 heterocycles. The van der Waals surface area contributed by atoms with Crippen molar-refractivity contribution in [3.05, 3.63) is 48.4 Å². The van der Waals surface area contributed by atoms with Crippen LogP contribution in [0.2, 0.25) is 0 Å². The predicted molar refractivity (Wildman–Crippen MR) is 83.1 cm³/mol. The van der Waals surface area contributed by atoms with E-state index in [4.69, 9.17) is 13.9 Å². The molecule has 7 nitrogen and oxygen atoms in total. The van der Waals surface area contributed by atoms with Gasteiger partial charge in [0.15, 0.2) is 0 Å². The second-order valence-corrected chi connectivity index (χ2v) is 4.60. The van der Waals surface area contributed by atoms with Crippen LogP contribution in [0.4, 0.5) is 5.69 Å². The van der Waals surface area contributed by atoms with Crippen LogP contribution in [0.3, 0.4) is 0 Å². The van der Waals surface area contributed by atoms with E-state index in [1.165, 1.54) is 20.5 Å². The summed E-state index contributed by atoms with van der Waals surface area (Å²) >= 11 is 0. The Balaban J connectivity index is 1.91. The van der Waals surface area contributed by atoms with E-state index in [-0.39, 0.29) is 6.54 Å². The van der Waals surface area contributed by atoms with Gasteiger partial charge in [0.1, 0.15) is 17.6 Å². The lowest BCUT2D eigenvalue weighted by Crippen LogP contribution is -2.38. The lowest BCUT2D eigenvalue weighted by Gasteiger charge is -2.14. The maximum Gasteiger partial charge on any atom is 0.313 e. The molecule has 0 saturated carbocycles. The van der Waals surface area contributed by atoms with Crippen molar-refractivity contribution in [2.75, 3.05) is 26.1 Å². The number of carbonyl (C=O) groups excluding carboxylic acids is 2. The monoisotopic (exact) mass is 318 g/mol. The lowest BCUT2D eigenvalue weighted by molar-refractivity contribution is -0.136. The summed E-state index contributed by atoms with van der Waals surface area (Å²) in [6.45, 7) is 0.113. The molecule has 23 heavy (non-hydrogen) atoms. The Kier molecular flexibility index (Phi) is 5.76. The molecule has 1 aromatic carbocycles. The number of nitrogens with one attached hydrogen (secondary N) is 2. The minimum Gasteiger partial charge on any atom is -0.495 e. The van der Waals surface area contributed by atoms with Crippen molar-refractivity contribution >= 4 is 17.5 Å². The van der Waals surface area contributed by atoms with Crippen LogP contribution in [0, 0.1) is 0 Å². The van der Waals surface area contributed by atoms with E-state index in [0.717, 1.165) is 0 Å². The van der Waals surface area contributed by atoms with Gasteiger partial charge in [0.25, 0.3) is 0 Å². The molecule has 0 fully saturated rings. The topological polar surface area (TPSA) is 89.8 Å². The standard InChI is InChI=1S/C16H18N2O5/c1-21-12-7-4-3-6-11(12)18-16(20)15(19)17-10-14(22-2)13-8-5-9-23-13/h3-9,14H,10H2,1-2H3,(H,17,19)(H,18,20). The van der Waals surface area contributed by atoms with E-state index in [1.807, 2.05) is 0 Å². The van der Waals surface area contributed by atoms with E-state index in [2.05, 4.69) is 10.6 Å². The average molecular weight is 318 g/mol. The molecule has 0 spiro atoms. The fourth-order valence-corrected chi connectivity index (χ4v) is 1.97. The molecule has 1 atom stereocenters. The Labute approximate surface area is 133 Å². The predicted octanol–water partition coefficient (Wildman–Crippen LogP) is 1.73. The van der Waals surface area contributed by atoms with Crippen LogP contribution in [0.1, 0.15) is 11.9 Å². The maximum absolute atomic E-state index is 11.9. The highest BCUT2D eigenvalue weighted by atomic mass is 16.5. The molecule has 2 aromatic rings. The van der Waals surface area contributed by atoms with Crippen molar-refractivity contribution in [1.29, 1.82) is 0 Å². The second-order valence-electron chi connectivity index (χ2n) is 4.60. The van der Waals surface area contributed by atoms with Crippen molar-refractivity contribution in [1.82, 2.24) is 5.32 Å². The summed E-state index contributed by atoms with van der Waals surface area (Å²) in [5.74, 6) is -0.523. The molecule has 7 heteroatoms. The third kappa shape index (κ3) is 4.33. The van der Waals surface area contributed by atoms with Gasteiger partial charge in [-0.3, -0.25) is 9.59 Å². The molecule has 0 aliphatic carbocycles. The van der Waals surface area contributed by atoms with Crippen LogP contribution >= 0.6 is 0 Å². The van der Waals surface area contributed by atoms with Crippen molar-refractivity contribution in [2.24, 2.45) is 0 Å². The minimum absolute atomic E-state index is 0.113. The van der Waals surface area contributed by atoms with Gasteiger partial charge in [-0.2, -0.15) is 0 Å². The SMILES string of the molecule is COc1ccccc1NC(=O)C(=O)NCC(OC)c1ccco1. The smallest absolute Gasteiger partial charge is 0.313 e. The van der Waals surface area contributed by atoms with Crippen molar-refractivity contribution < 1.29 is 23.5 Å². The molecular formula is C16H18N2O5. The molecule has 2 amide bonds. The number of furan rings is 1. The van der Waals surface area contributed by atoms with Crippen LogP contribution in [0.5, 0.6) is 5.75 Å². The van der Waals surface area contributed by atoms with Crippen LogP contribution < -0.4 is 15.4 Å². The first-order chi connectivity index (χ1) is 11.2. The molecule has 0 aliphatic heterocycles. The summed E-state index contributed by atoms with van der Waals surface area (Å²) in [4.78, 5) is 23.8. The molecule has 0 saturated heterocycles. The zero-order valence-electron chi connectivity index (χ0n) is 12.9. The van der Waals surface area contributed by atoms with Crippen LogP contribution in [-0.2, 0) is 14.3 Å². The number of anilines is 1. The molecule has 1 aromatic heterocycles. The summed E-state index contributed by atoms with van der Waals surface area (Å²) in [6.07, 6.45) is 1.05. The van der Waals surface area contributed by atoms with E-state index >= 15 is 0 Å². The van der Waals surface area contributed by atoms with Gasteiger partial charge in [0, 0.05) is 7.11 Å². The van der Waals surface area contributed by atoms with Gasteiger partial charge in [-0.25, -0.2) is 0 Å². The molecule has 2 N–H and O–H groups in total. The quantitative estimate of drug-likeness (QED) is 0.792. The average Bonchev–Trinajstić information content (AvgIpc) is 3.10. The normalized spacial score (nSPS) is 11.6. The van der Waals surface area contributed by atoms with Gasteiger partial charge >= 0.3 is 11.8 Å². The van der Waals surface area contributed by atoms with E-state index in [9.17, 15) is 9.59 Å². The first-order valence-corrected chi connectivity index (χ1v) is 6.94. The zero-order valence-corrected chi connectivity index (χ0v) is 12.9.